The van der Waals surface area contributed by atoms with Crippen molar-refractivity contribution in [1.82, 2.24) is 5.32 Å². The van der Waals surface area contributed by atoms with Crippen molar-refractivity contribution >= 4 is 0 Å². The quantitative estimate of drug-likeness (QED) is 0.773. The Balaban J connectivity index is 1.66. The predicted octanol–water partition coefficient (Wildman–Crippen LogP) is 3.49. The molecule has 2 N–H and O–H groups in total. The van der Waals surface area contributed by atoms with Gasteiger partial charge >= 0.3 is 0 Å². The Bertz CT molecular complexity index is 356. The summed E-state index contributed by atoms with van der Waals surface area (Å²) in [5, 5.41) is 12.9. The van der Waals surface area contributed by atoms with Crippen LogP contribution in [0.15, 0.2) is 24.3 Å². The molecule has 1 aromatic carbocycles. The first-order chi connectivity index (χ1) is 8.63. The van der Waals surface area contributed by atoms with Gasteiger partial charge in [-0.3, -0.25) is 0 Å². The first kappa shape index (κ1) is 13.4. The predicted molar refractivity (Wildman–Crippen MR) is 75.8 cm³/mol. The summed E-state index contributed by atoms with van der Waals surface area (Å²) in [6.45, 7) is 4.57. The molecule has 2 atom stereocenters. The van der Waals surface area contributed by atoms with E-state index in [9.17, 15) is 5.11 Å². The summed E-state index contributed by atoms with van der Waals surface area (Å²) in [5.41, 5.74) is 1.30. The Morgan fingerprint density at radius 2 is 1.83 bits per heavy atom. The Hall–Kier alpha value is -1.02. The number of phenolic OH excluding ortho intramolecular Hbond substituents is 1. The van der Waals surface area contributed by atoms with Gasteiger partial charge in [0.15, 0.2) is 0 Å². The third-order valence-electron chi connectivity index (χ3n) is 3.76. The van der Waals surface area contributed by atoms with E-state index in [2.05, 4.69) is 19.2 Å². The highest BCUT2D eigenvalue weighted by molar-refractivity contribution is 5.25. The van der Waals surface area contributed by atoms with Crippen LogP contribution in [0.4, 0.5) is 0 Å². The van der Waals surface area contributed by atoms with E-state index in [0.29, 0.717) is 17.8 Å². The summed E-state index contributed by atoms with van der Waals surface area (Å²) in [5.74, 6) is 1.35. The first-order valence-corrected chi connectivity index (χ1v) is 7.17. The number of rotatable bonds is 7. The number of hydrogen-bond donors (Lipinski definition) is 2. The van der Waals surface area contributed by atoms with Crippen LogP contribution in [0.5, 0.6) is 5.75 Å². The van der Waals surface area contributed by atoms with Crippen LogP contribution >= 0.6 is 0 Å². The van der Waals surface area contributed by atoms with E-state index in [1.54, 1.807) is 12.1 Å². The van der Waals surface area contributed by atoms with Crippen molar-refractivity contribution in [3.05, 3.63) is 29.8 Å². The number of aryl methyl sites for hydroxylation is 1. The van der Waals surface area contributed by atoms with Crippen molar-refractivity contribution in [2.24, 2.45) is 5.92 Å². The van der Waals surface area contributed by atoms with Crippen LogP contribution in [0, 0.1) is 5.92 Å². The normalized spacial score (nSPS) is 18.6. The van der Waals surface area contributed by atoms with Crippen molar-refractivity contribution in [1.29, 1.82) is 0 Å². The van der Waals surface area contributed by atoms with Crippen molar-refractivity contribution in [2.45, 2.75) is 58.0 Å². The maximum Gasteiger partial charge on any atom is 0.115 e. The molecular weight excluding hydrogens is 222 g/mol. The highest BCUT2D eigenvalue weighted by atomic mass is 16.3. The van der Waals surface area contributed by atoms with Gasteiger partial charge in [-0.05, 0) is 56.7 Å². The van der Waals surface area contributed by atoms with Gasteiger partial charge in [-0.15, -0.1) is 0 Å². The van der Waals surface area contributed by atoms with Crippen molar-refractivity contribution in [2.75, 3.05) is 0 Å². The van der Waals surface area contributed by atoms with E-state index < -0.39 is 0 Å². The molecule has 0 bridgehead atoms. The molecule has 0 aromatic heterocycles. The minimum absolute atomic E-state index is 0.350. The van der Waals surface area contributed by atoms with E-state index in [1.165, 1.54) is 24.8 Å². The van der Waals surface area contributed by atoms with Gasteiger partial charge in [0.2, 0.25) is 0 Å². The van der Waals surface area contributed by atoms with Gasteiger partial charge in [-0.25, -0.2) is 0 Å². The number of phenols is 1. The lowest BCUT2D eigenvalue weighted by Gasteiger charge is -2.20. The van der Waals surface area contributed by atoms with E-state index in [1.807, 2.05) is 12.1 Å². The van der Waals surface area contributed by atoms with Crippen LogP contribution in [0.2, 0.25) is 0 Å². The van der Waals surface area contributed by atoms with E-state index in [0.717, 1.165) is 18.8 Å². The van der Waals surface area contributed by atoms with Crippen molar-refractivity contribution in [3.63, 3.8) is 0 Å². The zero-order valence-electron chi connectivity index (χ0n) is 11.5. The van der Waals surface area contributed by atoms with Gasteiger partial charge in [0.05, 0.1) is 0 Å². The SMILES string of the molecule is CC(CCc1ccc(O)cc1)NC(C)CC1CC1. The highest BCUT2D eigenvalue weighted by Crippen LogP contribution is 2.33. The molecule has 100 valence electrons. The molecule has 2 nitrogen and oxygen atoms in total. The Morgan fingerprint density at radius 3 is 2.44 bits per heavy atom. The summed E-state index contributed by atoms with van der Waals surface area (Å²) < 4.78 is 0. The Labute approximate surface area is 110 Å². The molecule has 0 spiro atoms. The smallest absolute Gasteiger partial charge is 0.115 e. The summed E-state index contributed by atoms with van der Waals surface area (Å²) in [6.07, 6.45) is 6.44. The van der Waals surface area contributed by atoms with Crippen LogP contribution in [0.25, 0.3) is 0 Å². The molecule has 0 radical (unpaired) electrons. The molecule has 1 aliphatic rings. The molecular formula is C16H25NO. The lowest BCUT2D eigenvalue weighted by atomic mass is 10.0. The van der Waals surface area contributed by atoms with Crippen LogP contribution in [-0.4, -0.2) is 17.2 Å². The fraction of sp³-hybridized carbons (Fsp3) is 0.625. The lowest BCUT2D eigenvalue weighted by Crippen LogP contribution is -2.35. The summed E-state index contributed by atoms with van der Waals surface area (Å²) in [6, 6.07) is 8.76. The van der Waals surface area contributed by atoms with E-state index >= 15 is 0 Å². The largest absolute Gasteiger partial charge is 0.508 e. The minimum Gasteiger partial charge on any atom is -0.508 e. The van der Waals surface area contributed by atoms with Crippen LogP contribution in [0.1, 0.15) is 45.1 Å². The van der Waals surface area contributed by atoms with E-state index in [4.69, 9.17) is 0 Å². The number of nitrogens with one attached hydrogen (secondary N) is 1. The maximum atomic E-state index is 9.23. The van der Waals surface area contributed by atoms with E-state index in [-0.39, 0.29) is 0 Å². The fourth-order valence-corrected chi connectivity index (χ4v) is 2.54. The number of aromatic hydroxyl groups is 1. The maximum absolute atomic E-state index is 9.23. The molecule has 0 heterocycles. The second-order valence-corrected chi connectivity index (χ2v) is 5.85. The third kappa shape index (κ3) is 4.69. The Morgan fingerprint density at radius 1 is 1.17 bits per heavy atom. The summed E-state index contributed by atoms with van der Waals surface area (Å²) >= 11 is 0. The summed E-state index contributed by atoms with van der Waals surface area (Å²) in [4.78, 5) is 0. The molecule has 18 heavy (non-hydrogen) atoms. The third-order valence-corrected chi connectivity index (χ3v) is 3.76. The second kappa shape index (κ2) is 6.24. The van der Waals surface area contributed by atoms with Crippen molar-refractivity contribution in [3.8, 4) is 5.75 Å². The topological polar surface area (TPSA) is 32.3 Å². The van der Waals surface area contributed by atoms with Gasteiger partial charge in [0.1, 0.15) is 5.75 Å². The van der Waals surface area contributed by atoms with Gasteiger partial charge in [0.25, 0.3) is 0 Å². The average Bonchev–Trinajstić information content (AvgIpc) is 3.12. The molecule has 1 aliphatic carbocycles. The van der Waals surface area contributed by atoms with Gasteiger partial charge in [-0.2, -0.15) is 0 Å². The van der Waals surface area contributed by atoms with Gasteiger partial charge in [0, 0.05) is 12.1 Å². The Kier molecular flexibility index (Phi) is 4.65. The van der Waals surface area contributed by atoms with Gasteiger partial charge < -0.3 is 10.4 Å². The standard InChI is InChI=1S/C16H25NO/c1-12(17-13(2)11-15-5-6-15)3-4-14-7-9-16(18)10-8-14/h7-10,12-13,15,17-18H,3-6,11H2,1-2H3. The molecule has 2 unspecified atom stereocenters. The highest BCUT2D eigenvalue weighted by Gasteiger charge is 2.23. The molecule has 0 aliphatic heterocycles. The zero-order valence-corrected chi connectivity index (χ0v) is 11.5. The van der Waals surface area contributed by atoms with Crippen LogP contribution < -0.4 is 5.32 Å². The average molecular weight is 247 g/mol. The zero-order chi connectivity index (χ0) is 13.0. The van der Waals surface area contributed by atoms with Crippen LogP contribution in [-0.2, 0) is 6.42 Å². The first-order valence-electron chi connectivity index (χ1n) is 7.17. The molecule has 1 aromatic rings. The number of benzene rings is 1. The summed E-state index contributed by atoms with van der Waals surface area (Å²) in [7, 11) is 0. The second-order valence-electron chi connectivity index (χ2n) is 5.85. The van der Waals surface area contributed by atoms with Crippen LogP contribution in [0.3, 0.4) is 0 Å². The lowest BCUT2D eigenvalue weighted by molar-refractivity contribution is 0.415. The molecule has 0 saturated heterocycles. The molecule has 1 fully saturated rings. The van der Waals surface area contributed by atoms with Crippen molar-refractivity contribution < 1.29 is 5.11 Å². The minimum atomic E-state index is 0.350. The molecule has 2 heteroatoms. The number of hydrogen-bond acceptors (Lipinski definition) is 2. The molecule has 2 rings (SSSR count). The monoisotopic (exact) mass is 247 g/mol. The molecule has 0 amide bonds. The van der Waals surface area contributed by atoms with Gasteiger partial charge in [-0.1, -0.05) is 25.0 Å². The molecule has 1 saturated carbocycles. The fourth-order valence-electron chi connectivity index (χ4n) is 2.54.